The molecule has 0 unspecified atom stereocenters. The number of benzene rings is 3. The van der Waals surface area contributed by atoms with Crippen LogP contribution in [0.3, 0.4) is 0 Å². The zero-order valence-corrected chi connectivity index (χ0v) is 23.1. The first-order chi connectivity index (χ1) is 16.8. The highest BCUT2D eigenvalue weighted by atomic mass is 79.9. The first-order valence-electron chi connectivity index (χ1n) is 11.6. The Morgan fingerprint density at radius 2 is 1.57 bits per heavy atom. The third kappa shape index (κ3) is 8.82. The first kappa shape index (κ1) is 27.0. The molecule has 0 fully saturated rings. The van der Waals surface area contributed by atoms with E-state index in [1.54, 1.807) is 17.0 Å². The topological polar surface area (TPSA) is 58.6 Å². The zero-order valence-electron chi connectivity index (χ0n) is 19.9. The minimum Gasteiger partial charge on any atom is -0.484 e. The molecule has 184 valence electrons. The largest absolute Gasteiger partial charge is 0.484 e. The average Bonchev–Trinajstić information content (AvgIpc) is 2.85. The van der Waals surface area contributed by atoms with Crippen LogP contribution in [-0.2, 0) is 22.6 Å². The third-order valence-corrected chi connectivity index (χ3v) is 6.40. The molecule has 1 N–H and O–H groups in total. The number of amides is 2. The number of nitrogens with one attached hydrogen (secondary N) is 1. The monoisotopic (exact) mass is 600 g/mol. The van der Waals surface area contributed by atoms with Gasteiger partial charge in [0.05, 0.1) is 0 Å². The van der Waals surface area contributed by atoms with Crippen molar-refractivity contribution in [1.29, 1.82) is 0 Å². The Hall–Kier alpha value is -2.64. The summed E-state index contributed by atoms with van der Waals surface area (Å²) < 4.78 is 7.63. The maximum Gasteiger partial charge on any atom is 0.261 e. The highest BCUT2D eigenvalue weighted by Gasteiger charge is 2.30. The van der Waals surface area contributed by atoms with Gasteiger partial charge in [0.1, 0.15) is 11.8 Å². The van der Waals surface area contributed by atoms with Gasteiger partial charge in [0.15, 0.2) is 6.61 Å². The summed E-state index contributed by atoms with van der Waals surface area (Å²) in [4.78, 5) is 28.6. The smallest absolute Gasteiger partial charge is 0.261 e. The Kier molecular flexibility index (Phi) is 10.4. The van der Waals surface area contributed by atoms with E-state index < -0.39 is 6.04 Å². The SMILES string of the molecule is CC(C)CNC(=O)[C@H](Cc1ccccc1)N(Cc1cccc(Br)c1)C(=O)COc1ccc(Br)cc1. The van der Waals surface area contributed by atoms with Gasteiger partial charge in [0.25, 0.3) is 5.91 Å². The van der Waals surface area contributed by atoms with Crippen LogP contribution in [0.2, 0.25) is 0 Å². The Balaban J connectivity index is 1.89. The number of rotatable bonds is 11. The zero-order chi connectivity index (χ0) is 25.2. The van der Waals surface area contributed by atoms with Gasteiger partial charge in [0, 0.05) is 28.5 Å². The van der Waals surface area contributed by atoms with Crippen LogP contribution in [0.5, 0.6) is 5.75 Å². The van der Waals surface area contributed by atoms with Crippen molar-refractivity contribution in [3.63, 3.8) is 0 Å². The molecule has 3 rings (SSSR count). The van der Waals surface area contributed by atoms with Gasteiger partial charge < -0.3 is 15.0 Å². The quantitative estimate of drug-likeness (QED) is 0.293. The second-order valence-corrected chi connectivity index (χ2v) is 10.6. The lowest BCUT2D eigenvalue weighted by molar-refractivity contribution is -0.142. The van der Waals surface area contributed by atoms with Crippen molar-refractivity contribution in [3.05, 3.63) is 98.9 Å². The molecule has 0 spiro atoms. The Bertz CT molecular complexity index is 1100. The molecule has 2 amide bonds. The molecule has 0 saturated heterocycles. The summed E-state index contributed by atoms with van der Waals surface area (Å²) >= 11 is 6.91. The van der Waals surface area contributed by atoms with E-state index in [4.69, 9.17) is 4.74 Å². The van der Waals surface area contributed by atoms with Gasteiger partial charge in [-0.3, -0.25) is 9.59 Å². The van der Waals surface area contributed by atoms with Crippen molar-refractivity contribution in [2.75, 3.05) is 13.2 Å². The van der Waals surface area contributed by atoms with E-state index >= 15 is 0 Å². The van der Waals surface area contributed by atoms with Crippen LogP contribution >= 0.6 is 31.9 Å². The van der Waals surface area contributed by atoms with E-state index in [0.717, 1.165) is 20.1 Å². The molecule has 0 heterocycles. The fourth-order valence-electron chi connectivity index (χ4n) is 3.57. The molecule has 0 saturated carbocycles. The Morgan fingerprint density at radius 1 is 0.886 bits per heavy atom. The molecule has 5 nitrogen and oxygen atoms in total. The molecule has 0 aliphatic heterocycles. The van der Waals surface area contributed by atoms with Crippen molar-refractivity contribution in [2.24, 2.45) is 5.92 Å². The lowest BCUT2D eigenvalue weighted by atomic mass is 10.0. The van der Waals surface area contributed by atoms with Crippen LogP contribution < -0.4 is 10.1 Å². The van der Waals surface area contributed by atoms with Gasteiger partial charge in [-0.2, -0.15) is 0 Å². The van der Waals surface area contributed by atoms with E-state index in [1.807, 2.05) is 80.6 Å². The standard InChI is InChI=1S/C28H30Br2N2O3/c1-20(2)17-31-28(34)26(16-21-7-4-3-5-8-21)32(18-22-9-6-10-24(30)15-22)27(33)19-35-25-13-11-23(29)12-14-25/h3-15,20,26H,16-19H2,1-2H3,(H,31,34)/t26-/m0/s1. The predicted octanol–water partition coefficient (Wildman–Crippen LogP) is 6.00. The summed E-state index contributed by atoms with van der Waals surface area (Å²) in [7, 11) is 0. The summed E-state index contributed by atoms with van der Waals surface area (Å²) in [6.45, 7) is 4.75. The van der Waals surface area contributed by atoms with E-state index in [9.17, 15) is 9.59 Å². The second kappa shape index (κ2) is 13.4. The predicted molar refractivity (Wildman–Crippen MR) is 146 cm³/mol. The minimum absolute atomic E-state index is 0.168. The van der Waals surface area contributed by atoms with Crippen molar-refractivity contribution in [3.8, 4) is 5.75 Å². The Labute approximate surface area is 224 Å². The molecule has 1 atom stereocenters. The molecular weight excluding hydrogens is 572 g/mol. The van der Waals surface area contributed by atoms with Gasteiger partial charge >= 0.3 is 0 Å². The summed E-state index contributed by atoms with van der Waals surface area (Å²) in [6.07, 6.45) is 0.406. The third-order valence-electron chi connectivity index (χ3n) is 5.37. The number of halogens is 2. The summed E-state index contributed by atoms with van der Waals surface area (Å²) in [6, 6.07) is 24.2. The molecular formula is C28H30Br2N2O3. The summed E-state index contributed by atoms with van der Waals surface area (Å²) in [5.41, 5.74) is 1.91. The van der Waals surface area contributed by atoms with Crippen LogP contribution in [0.4, 0.5) is 0 Å². The van der Waals surface area contributed by atoms with Crippen LogP contribution in [-0.4, -0.2) is 35.9 Å². The fraction of sp³-hybridized carbons (Fsp3) is 0.286. The Morgan fingerprint density at radius 3 is 2.23 bits per heavy atom. The lowest BCUT2D eigenvalue weighted by Gasteiger charge is -2.31. The van der Waals surface area contributed by atoms with Crippen LogP contribution in [0.25, 0.3) is 0 Å². The first-order valence-corrected chi connectivity index (χ1v) is 13.1. The van der Waals surface area contributed by atoms with Crippen molar-refractivity contribution in [2.45, 2.75) is 32.9 Å². The maximum atomic E-state index is 13.5. The molecule has 0 aliphatic rings. The molecule has 3 aromatic carbocycles. The van der Waals surface area contributed by atoms with Crippen LogP contribution in [0, 0.1) is 5.92 Å². The minimum atomic E-state index is -0.684. The number of hydrogen-bond donors (Lipinski definition) is 1. The molecule has 35 heavy (non-hydrogen) atoms. The molecule has 0 bridgehead atoms. The van der Waals surface area contributed by atoms with E-state index in [1.165, 1.54) is 0 Å². The number of carbonyl (C=O) groups is 2. The van der Waals surface area contributed by atoms with Gasteiger partial charge in [-0.25, -0.2) is 0 Å². The summed E-state index contributed by atoms with van der Waals surface area (Å²) in [5, 5.41) is 3.03. The van der Waals surface area contributed by atoms with Crippen molar-refractivity contribution in [1.82, 2.24) is 10.2 Å². The highest BCUT2D eigenvalue weighted by molar-refractivity contribution is 9.10. The van der Waals surface area contributed by atoms with Gasteiger partial charge in [-0.1, -0.05) is 88.2 Å². The normalized spacial score (nSPS) is 11.7. The molecule has 0 radical (unpaired) electrons. The van der Waals surface area contributed by atoms with Gasteiger partial charge in [0.2, 0.25) is 5.91 Å². The lowest BCUT2D eigenvalue weighted by Crippen LogP contribution is -2.52. The molecule has 0 aromatic heterocycles. The van der Waals surface area contributed by atoms with Crippen LogP contribution in [0.1, 0.15) is 25.0 Å². The number of ether oxygens (including phenoxy) is 1. The maximum absolute atomic E-state index is 13.5. The van der Waals surface area contributed by atoms with Crippen LogP contribution in [0.15, 0.2) is 87.8 Å². The average molecular weight is 602 g/mol. The molecule has 7 heteroatoms. The fourth-order valence-corrected chi connectivity index (χ4v) is 4.28. The van der Waals surface area contributed by atoms with Gasteiger partial charge in [-0.05, 0) is 53.4 Å². The van der Waals surface area contributed by atoms with E-state index in [2.05, 4.69) is 37.2 Å². The van der Waals surface area contributed by atoms with Gasteiger partial charge in [-0.15, -0.1) is 0 Å². The van der Waals surface area contributed by atoms with E-state index in [-0.39, 0.29) is 25.0 Å². The summed E-state index contributed by atoms with van der Waals surface area (Å²) in [5.74, 6) is 0.460. The second-order valence-electron chi connectivity index (χ2n) is 8.74. The highest BCUT2D eigenvalue weighted by Crippen LogP contribution is 2.20. The number of carbonyl (C=O) groups excluding carboxylic acids is 2. The number of nitrogens with zero attached hydrogens (tertiary/aromatic N) is 1. The molecule has 0 aliphatic carbocycles. The number of hydrogen-bond acceptors (Lipinski definition) is 3. The van der Waals surface area contributed by atoms with Crippen molar-refractivity contribution < 1.29 is 14.3 Å². The van der Waals surface area contributed by atoms with E-state index in [0.29, 0.717) is 24.6 Å². The molecule has 3 aromatic rings. The van der Waals surface area contributed by atoms with Crippen molar-refractivity contribution >= 4 is 43.7 Å².